The molecule has 0 bridgehead atoms. The zero-order valence-corrected chi connectivity index (χ0v) is 12.3. The van der Waals surface area contributed by atoms with E-state index >= 15 is 0 Å². The monoisotopic (exact) mass is 274 g/mol. The molecule has 0 aliphatic carbocycles. The van der Waals surface area contributed by atoms with Gasteiger partial charge < -0.3 is 10.2 Å². The number of benzene rings is 1. The van der Waals surface area contributed by atoms with Gasteiger partial charge in [0.25, 0.3) is 0 Å². The van der Waals surface area contributed by atoms with E-state index in [1.54, 1.807) is 7.05 Å². The molecule has 1 aromatic carbocycles. The van der Waals surface area contributed by atoms with Gasteiger partial charge in [-0.3, -0.25) is 9.59 Å². The lowest BCUT2D eigenvalue weighted by molar-refractivity contribution is -0.131. The summed E-state index contributed by atoms with van der Waals surface area (Å²) in [5.41, 5.74) is 2.40. The molecule has 4 heteroatoms. The number of likely N-dealkylation sites (N-methyl/N-ethyl adjacent to an activating group) is 1. The first kappa shape index (κ1) is 16.0. The van der Waals surface area contributed by atoms with Crippen molar-refractivity contribution in [3.63, 3.8) is 0 Å². The Morgan fingerprint density at radius 1 is 1.45 bits per heavy atom. The van der Waals surface area contributed by atoms with Crippen LogP contribution in [0.15, 0.2) is 36.9 Å². The third-order valence-electron chi connectivity index (χ3n) is 3.15. The van der Waals surface area contributed by atoms with E-state index in [2.05, 4.69) is 31.0 Å². The number of aryl methyl sites for hydroxylation is 1. The molecule has 0 radical (unpaired) electrons. The maximum atomic E-state index is 11.7. The number of nitrogens with zero attached hydrogens (tertiary/aromatic N) is 1. The molecule has 1 rings (SSSR count). The molecule has 108 valence electrons. The molecule has 1 N–H and O–H groups in total. The molecule has 1 unspecified atom stereocenters. The lowest BCUT2D eigenvalue weighted by Crippen LogP contribution is -2.38. The largest absolute Gasteiger partial charge is 0.354 e. The van der Waals surface area contributed by atoms with Crippen molar-refractivity contribution in [1.29, 1.82) is 0 Å². The van der Waals surface area contributed by atoms with Crippen molar-refractivity contribution in [1.82, 2.24) is 10.2 Å². The van der Waals surface area contributed by atoms with Crippen LogP contribution in [0.1, 0.15) is 24.0 Å². The highest BCUT2D eigenvalue weighted by molar-refractivity contribution is 5.90. The van der Waals surface area contributed by atoms with Crippen molar-refractivity contribution in [2.24, 2.45) is 0 Å². The van der Waals surface area contributed by atoms with E-state index in [0.717, 1.165) is 0 Å². The van der Waals surface area contributed by atoms with Crippen LogP contribution in [-0.2, 0) is 9.59 Å². The minimum Gasteiger partial charge on any atom is -0.354 e. The van der Waals surface area contributed by atoms with Gasteiger partial charge in [-0.2, -0.15) is 0 Å². The van der Waals surface area contributed by atoms with Gasteiger partial charge in [0.1, 0.15) is 0 Å². The maximum absolute atomic E-state index is 11.7. The summed E-state index contributed by atoms with van der Waals surface area (Å²) < 4.78 is 0. The summed E-state index contributed by atoms with van der Waals surface area (Å²) in [6.45, 7) is 8.10. The molecule has 1 aromatic rings. The fourth-order valence-corrected chi connectivity index (χ4v) is 1.87. The predicted molar refractivity (Wildman–Crippen MR) is 80.4 cm³/mol. The summed E-state index contributed by atoms with van der Waals surface area (Å²) >= 11 is 0. The van der Waals surface area contributed by atoms with Crippen molar-refractivity contribution >= 4 is 11.8 Å². The zero-order valence-electron chi connectivity index (χ0n) is 12.3. The highest BCUT2D eigenvalue weighted by atomic mass is 16.2. The second kappa shape index (κ2) is 7.48. The molecule has 0 aliphatic rings. The Bertz CT molecular complexity index is 497. The predicted octanol–water partition coefficient (Wildman–Crippen LogP) is 1.86. The summed E-state index contributed by atoms with van der Waals surface area (Å²) in [6.07, 6.45) is 1.20. The van der Waals surface area contributed by atoms with Crippen LogP contribution in [0.3, 0.4) is 0 Å². The summed E-state index contributed by atoms with van der Waals surface area (Å²) in [7, 11) is 1.58. The number of amides is 2. The average molecular weight is 274 g/mol. The summed E-state index contributed by atoms with van der Waals surface area (Å²) in [5, 5.41) is 2.84. The van der Waals surface area contributed by atoms with E-state index in [1.807, 2.05) is 19.1 Å². The lowest BCUT2D eigenvalue weighted by atomic mass is 9.99. The zero-order chi connectivity index (χ0) is 15.1. The standard InChI is InChI=1S/C16H22N2O2/c1-5-16(20)18(4)11-15(19)17-10-13(3)14-8-6-7-12(2)9-14/h5-9,13H,1,10-11H2,2-4H3,(H,17,19). The first-order valence-corrected chi connectivity index (χ1v) is 6.64. The van der Waals surface area contributed by atoms with Crippen molar-refractivity contribution in [3.8, 4) is 0 Å². The topological polar surface area (TPSA) is 49.4 Å². The Labute approximate surface area is 120 Å². The molecule has 0 aliphatic heterocycles. The fraction of sp³-hybridized carbons (Fsp3) is 0.375. The van der Waals surface area contributed by atoms with Crippen LogP contribution in [0.2, 0.25) is 0 Å². The normalized spacial score (nSPS) is 11.6. The van der Waals surface area contributed by atoms with E-state index in [-0.39, 0.29) is 24.3 Å². The Morgan fingerprint density at radius 2 is 2.15 bits per heavy atom. The molecule has 0 spiro atoms. The number of rotatable bonds is 6. The van der Waals surface area contributed by atoms with E-state index in [1.165, 1.54) is 22.1 Å². The van der Waals surface area contributed by atoms with Gasteiger partial charge in [-0.15, -0.1) is 0 Å². The molecule has 0 fully saturated rings. The number of carbonyl (C=O) groups is 2. The summed E-state index contributed by atoms with van der Waals surface area (Å²) in [4.78, 5) is 24.3. The van der Waals surface area contributed by atoms with Crippen molar-refractivity contribution < 1.29 is 9.59 Å². The Hall–Kier alpha value is -2.10. The van der Waals surface area contributed by atoms with E-state index in [0.29, 0.717) is 6.54 Å². The van der Waals surface area contributed by atoms with Gasteiger partial charge >= 0.3 is 0 Å². The Balaban J connectivity index is 2.45. The van der Waals surface area contributed by atoms with Gasteiger partial charge in [0.2, 0.25) is 11.8 Å². The van der Waals surface area contributed by atoms with E-state index < -0.39 is 0 Å². The van der Waals surface area contributed by atoms with Crippen molar-refractivity contribution in [3.05, 3.63) is 48.0 Å². The third-order valence-corrected chi connectivity index (χ3v) is 3.15. The van der Waals surface area contributed by atoms with E-state index in [9.17, 15) is 9.59 Å². The first-order valence-electron chi connectivity index (χ1n) is 6.64. The molecule has 0 saturated heterocycles. The van der Waals surface area contributed by atoms with Gasteiger partial charge in [-0.1, -0.05) is 43.3 Å². The fourth-order valence-electron chi connectivity index (χ4n) is 1.87. The van der Waals surface area contributed by atoms with Crippen molar-refractivity contribution in [2.45, 2.75) is 19.8 Å². The molecular formula is C16H22N2O2. The molecule has 0 heterocycles. The van der Waals surface area contributed by atoms with Crippen LogP contribution in [0.5, 0.6) is 0 Å². The minimum atomic E-state index is -0.258. The quantitative estimate of drug-likeness (QED) is 0.805. The molecule has 2 amide bonds. The van der Waals surface area contributed by atoms with Gasteiger partial charge in [0.05, 0.1) is 6.54 Å². The van der Waals surface area contributed by atoms with Crippen LogP contribution in [0.4, 0.5) is 0 Å². The number of carbonyl (C=O) groups excluding carboxylic acids is 2. The molecular weight excluding hydrogens is 252 g/mol. The van der Waals surface area contributed by atoms with Crippen LogP contribution < -0.4 is 5.32 Å². The molecule has 20 heavy (non-hydrogen) atoms. The van der Waals surface area contributed by atoms with E-state index in [4.69, 9.17) is 0 Å². The van der Waals surface area contributed by atoms with Gasteiger partial charge in [0.15, 0.2) is 0 Å². The van der Waals surface area contributed by atoms with Crippen LogP contribution >= 0.6 is 0 Å². The Kier molecular flexibility index (Phi) is 5.97. The third kappa shape index (κ3) is 4.88. The molecule has 0 saturated carbocycles. The van der Waals surface area contributed by atoms with Gasteiger partial charge in [0, 0.05) is 13.6 Å². The summed E-state index contributed by atoms with van der Waals surface area (Å²) in [5.74, 6) is -0.187. The Morgan fingerprint density at radius 3 is 2.75 bits per heavy atom. The van der Waals surface area contributed by atoms with Crippen molar-refractivity contribution in [2.75, 3.05) is 20.1 Å². The van der Waals surface area contributed by atoms with Crippen LogP contribution in [-0.4, -0.2) is 36.9 Å². The van der Waals surface area contributed by atoms with Gasteiger partial charge in [-0.05, 0) is 24.5 Å². The number of hydrogen-bond donors (Lipinski definition) is 1. The van der Waals surface area contributed by atoms with Crippen LogP contribution in [0, 0.1) is 6.92 Å². The molecule has 4 nitrogen and oxygen atoms in total. The second-order valence-corrected chi connectivity index (χ2v) is 5.02. The lowest BCUT2D eigenvalue weighted by Gasteiger charge is -2.17. The molecule has 0 aromatic heterocycles. The maximum Gasteiger partial charge on any atom is 0.246 e. The average Bonchev–Trinajstić information content (AvgIpc) is 2.43. The summed E-state index contributed by atoms with van der Waals surface area (Å²) in [6, 6.07) is 8.23. The minimum absolute atomic E-state index is 0.0470. The number of hydrogen-bond acceptors (Lipinski definition) is 2. The highest BCUT2D eigenvalue weighted by Gasteiger charge is 2.11. The first-order chi connectivity index (χ1) is 9.43. The molecule has 1 atom stereocenters. The SMILES string of the molecule is C=CC(=O)N(C)CC(=O)NCC(C)c1cccc(C)c1. The number of nitrogens with one attached hydrogen (secondary N) is 1. The van der Waals surface area contributed by atoms with Crippen LogP contribution in [0.25, 0.3) is 0 Å². The smallest absolute Gasteiger partial charge is 0.246 e. The highest BCUT2D eigenvalue weighted by Crippen LogP contribution is 2.15. The van der Waals surface area contributed by atoms with Gasteiger partial charge in [-0.25, -0.2) is 0 Å². The second-order valence-electron chi connectivity index (χ2n) is 5.02.